The minimum absolute atomic E-state index is 0.0320. The average molecular weight is 295 g/mol. The van der Waals surface area contributed by atoms with E-state index in [1.807, 2.05) is 24.3 Å². The second-order valence-electron chi connectivity index (χ2n) is 6.61. The fourth-order valence-electron chi connectivity index (χ4n) is 3.20. The summed E-state index contributed by atoms with van der Waals surface area (Å²) in [5.74, 6) is -0.106. The van der Waals surface area contributed by atoms with Gasteiger partial charge in [0.25, 0.3) is 5.91 Å². The van der Waals surface area contributed by atoms with Crippen LogP contribution in [0, 0.1) is 0 Å². The summed E-state index contributed by atoms with van der Waals surface area (Å²) in [6.45, 7) is 6.26. The Morgan fingerprint density at radius 1 is 1.27 bits per heavy atom. The van der Waals surface area contributed by atoms with Gasteiger partial charge >= 0.3 is 0 Å². The summed E-state index contributed by atoms with van der Waals surface area (Å²) in [5, 5.41) is 2.93. The van der Waals surface area contributed by atoms with Gasteiger partial charge in [-0.2, -0.15) is 0 Å². The third-order valence-electron chi connectivity index (χ3n) is 4.01. The second-order valence-corrected chi connectivity index (χ2v) is 6.61. The Hall–Kier alpha value is -2.20. The normalized spacial score (nSPS) is 16.9. The minimum atomic E-state index is -0.106. The minimum Gasteiger partial charge on any atom is -0.321 e. The van der Waals surface area contributed by atoms with E-state index in [-0.39, 0.29) is 11.3 Å². The van der Waals surface area contributed by atoms with E-state index in [9.17, 15) is 4.79 Å². The number of aromatic nitrogens is 1. The molecule has 1 aromatic heterocycles. The topological polar surface area (TPSA) is 45.2 Å². The molecule has 0 unspecified atom stereocenters. The summed E-state index contributed by atoms with van der Waals surface area (Å²) in [4.78, 5) is 19.1. The summed E-state index contributed by atoms with van der Waals surface area (Å²) < 4.78 is 0. The van der Waals surface area contributed by atoms with E-state index in [2.05, 4.69) is 36.1 Å². The molecule has 0 aliphatic carbocycles. The smallest absolute Gasteiger partial charge is 0.255 e. The van der Waals surface area contributed by atoms with E-state index in [4.69, 9.17) is 0 Å². The lowest BCUT2D eigenvalue weighted by Gasteiger charge is -2.37. The molecule has 1 aromatic carbocycles. The van der Waals surface area contributed by atoms with Crippen molar-refractivity contribution in [2.75, 3.05) is 18.9 Å². The van der Waals surface area contributed by atoms with Crippen molar-refractivity contribution in [3.8, 4) is 0 Å². The molecule has 0 fully saturated rings. The van der Waals surface area contributed by atoms with Gasteiger partial charge in [-0.15, -0.1) is 0 Å². The Labute approximate surface area is 131 Å². The summed E-state index contributed by atoms with van der Waals surface area (Å²) >= 11 is 0. The molecule has 0 saturated carbocycles. The van der Waals surface area contributed by atoms with Gasteiger partial charge in [-0.05, 0) is 30.8 Å². The standard InChI is InChI=1S/C18H21N3O/c1-18(2)12-21(3)11-14-9-15(10-19-16(14)18)20-17(22)13-7-5-4-6-8-13/h4-10H,11-12H2,1-3H3,(H,20,22). The van der Waals surface area contributed by atoms with Gasteiger partial charge in [0.2, 0.25) is 0 Å². The molecule has 2 aromatic rings. The van der Waals surface area contributed by atoms with Crippen LogP contribution in [0.15, 0.2) is 42.6 Å². The number of carbonyl (C=O) groups is 1. The summed E-state index contributed by atoms with van der Waals surface area (Å²) in [7, 11) is 2.11. The number of carbonyl (C=O) groups excluding carboxylic acids is 1. The predicted octanol–water partition coefficient (Wildman–Crippen LogP) is 3.06. The quantitative estimate of drug-likeness (QED) is 0.926. The van der Waals surface area contributed by atoms with Crippen LogP contribution in [0.4, 0.5) is 5.69 Å². The van der Waals surface area contributed by atoms with Crippen LogP contribution in [0.2, 0.25) is 0 Å². The van der Waals surface area contributed by atoms with Crippen LogP contribution < -0.4 is 5.32 Å². The maximum Gasteiger partial charge on any atom is 0.255 e. The largest absolute Gasteiger partial charge is 0.321 e. The molecule has 0 atom stereocenters. The number of nitrogens with one attached hydrogen (secondary N) is 1. The van der Waals surface area contributed by atoms with Crippen molar-refractivity contribution in [3.63, 3.8) is 0 Å². The molecular weight excluding hydrogens is 274 g/mol. The third-order valence-corrected chi connectivity index (χ3v) is 4.01. The number of rotatable bonds is 2. The molecule has 1 N–H and O–H groups in total. The number of anilines is 1. The van der Waals surface area contributed by atoms with Gasteiger partial charge in [0.15, 0.2) is 0 Å². The number of benzene rings is 1. The zero-order valence-corrected chi connectivity index (χ0v) is 13.3. The zero-order valence-electron chi connectivity index (χ0n) is 13.3. The molecule has 0 saturated heterocycles. The lowest BCUT2D eigenvalue weighted by Crippen LogP contribution is -2.40. The van der Waals surface area contributed by atoms with Gasteiger partial charge in [0, 0.05) is 24.1 Å². The van der Waals surface area contributed by atoms with E-state index in [1.54, 1.807) is 18.3 Å². The van der Waals surface area contributed by atoms with Crippen LogP contribution in [0.3, 0.4) is 0 Å². The molecule has 22 heavy (non-hydrogen) atoms. The van der Waals surface area contributed by atoms with Crippen LogP contribution in [0.5, 0.6) is 0 Å². The number of hydrogen-bond donors (Lipinski definition) is 1. The Balaban J connectivity index is 1.85. The molecule has 2 heterocycles. The number of pyridine rings is 1. The van der Waals surface area contributed by atoms with E-state index in [0.29, 0.717) is 5.56 Å². The molecule has 1 aliphatic rings. The van der Waals surface area contributed by atoms with Crippen molar-refractivity contribution in [2.45, 2.75) is 25.8 Å². The first-order chi connectivity index (χ1) is 10.5. The molecule has 0 bridgehead atoms. The summed E-state index contributed by atoms with van der Waals surface area (Å²) in [5.41, 5.74) is 3.74. The van der Waals surface area contributed by atoms with Crippen LogP contribution in [0.25, 0.3) is 0 Å². The molecule has 4 heteroatoms. The number of fused-ring (bicyclic) bond motifs is 1. The van der Waals surface area contributed by atoms with Crippen LogP contribution in [0.1, 0.15) is 35.5 Å². The molecule has 0 radical (unpaired) electrons. The molecule has 1 aliphatic heterocycles. The molecule has 114 valence electrons. The highest BCUT2D eigenvalue weighted by atomic mass is 16.1. The Bertz CT molecular complexity index is 695. The highest BCUT2D eigenvalue weighted by Crippen LogP contribution is 2.32. The first kappa shape index (κ1) is 14.7. The number of nitrogens with zero attached hydrogens (tertiary/aromatic N) is 2. The van der Waals surface area contributed by atoms with Crippen molar-refractivity contribution < 1.29 is 4.79 Å². The molecular formula is C18H21N3O. The fourth-order valence-corrected chi connectivity index (χ4v) is 3.20. The van der Waals surface area contributed by atoms with Crippen LogP contribution in [-0.4, -0.2) is 29.4 Å². The fraction of sp³-hybridized carbons (Fsp3) is 0.333. The van der Waals surface area contributed by atoms with Crippen LogP contribution in [-0.2, 0) is 12.0 Å². The molecule has 0 spiro atoms. The predicted molar refractivity (Wildman–Crippen MR) is 88.0 cm³/mol. The van der Waals surface area contributed by atoms with E-state index in [0.717, 1.165) is 24.5 Å². The number of likely N-dealkylation sites (N-methyl/N-ethyl adjacent to an activating group) is 1. The summed E-state index contributed by atoms with van der Waals surface area (Å²) in [6, 6.07) is 11.3. The SMILES string of the molecule is CN1Cc2cc(NC(=O)c3ccccc3)cnc2C(C)(C)C1. The van der Waals surface area contributed by atoms with Gasteiger partial charge in [-0.1, -0.05) is 32.0 Å². The number of amides is 1. The maximum atomic E-state index is 12.2. The van der Waals surface area contributed by atoms with Gasteiger partial charge in [-0.3, -0.25) is 9.78 Å². The molecule has 4 nitrogen and oxygen atoms in total. The lowest BCUT2D eigenvalue weighted by molar-refractivity contribution is 0.102. The molecule has 1 amide bonds. The third kappa shape index (κ3) is 2.88. The van der Waals surface area contributed by atoms with Crippen LogP contribution >= 0.6 is 0 Å². The van der Waals surface area contributed by atoms with Crippen molar-refractivity contribution in [1.29, 1.82) is 0 Å². The second kappa shape index (κ2) is 5.54. The van der Waals surface area contributed by atoms with Crippen molar-refractivity contribution in [2.24, 2.45) is 0 Å². The first-order valence-corrected chi connectivity index (χ1v) is 7.50. The average Bonchev–Trinajstić information content (AvgIpc) is 2.46. The van der Waals surface area contributed by atoms with Gasteiger partial charge < -0.3 is 10.2 Å². The van der Waals surface area contributed by atoms with Crippen molar-refractivity contribution in [1.82, 2.24) is 9.88 Å². The van der Waals surface area contributed by atoms with Gasteiger partial charge in [-0.25, -0.2) is 0 Å². The molecule has 3 rings (SSSR count). The van der Waals surface area contributed by atoms with Crippen molar-refractivity contribution >= 4 is 11.6 Å². The summed E-state index contributed by atoms with van der Waals surface area (Å²) in [6.07, 6.45) is 1.76. The van der Waals surface area contributed by atoms with E-state index in [1.165, 1.54) is 5.56 Å². The maximum absolute atomic E-state index is 12.2. The Morgan fingerprint density at radius 2 is 2.00 bits per heavy atom. The highest BCUT2D eigenvalue weighted by molar-refractivity contribution is 6.04. The Kier molecular flexibility index (Phi) is 3.71. The number of hydrogen-bond acceptors (Lipinski definition) is 3. The van der Waals surface area contributed by atoms with Gasteiger partial charge in [0.05, 0.1) is 17.6 Å². The van der Waals surface area contributed by atoms with E-state index >= 15 is 0 Å². The van der Waals surface area contributed by atoms with Crippen molar-refractivity contribution in [3.05, 3.63) is 59.4 Å². The lowest BCUT2D eigenvalue weighted by atomic mass is 9.82. The monoisotopic (exact) mass is 295 g/mol. The van der Waals surface area contributed by atoms with Gasteiger partial charge in [0.1, 0.15) is 0 Å². The van der Waals surface area contributed by atoms with E-state index < -0.39 is 0 Å². The Morgan fingerprint density at radius 3 is 2.73 bits per heavy atom. The highest BCUT2D eigenvalue weighted by Gasteiger charge is 2.31. The zero-order chi connectivity index (χ0) is 15.7. The first-order valence-electron chi connectivity index (χ1n) is 7.50.